The molecule has 0 spiro atoms. The van der Waals surface area contributed by atoms with Crippen LogP contribution in [0, 0.1) is 5.92 Å². The third kappa shape index (κ3) is 3.00. The molecular formula is C15H15NO7S2. The minimum absolute atomic E-state index is 0.0288. The first-order valence-corrected chi connectivity index (χ1v) is 10.0. The summed E-state index contributed by atoms with van der Waals surface area (Å²) in [6.07, 6.45) is 0.178. The third-order valence-electron chi connectivity index (χ3n) is 3.93. The second-order valence-corrected chi connectivity index (χ2v) is 8.88. The van der Waals surface area contributed by atoms with Gasteiger partial charge in [-0.3, -0.25) is 9.69 Å². The number of fused-ring (bicyclic) bond motifs is 1. The summed E-state index contributed by atoms with van der Waals surface area (Å²) in [7, 11) is -3.35. The molecule has 2 N–H and O–H groups in total. The van der Waals surface area contributed by atoms with Crippen molar-refractivity contribution in [3.05, 3.63) is 35.1 Å². The SMILES string of the molecule is C[C@@H](O)[C@H]1C(=O)N2C(C(=O)O)=C(Oc3ccc(S(C)(=O)=O)cc3)SC12. The van der Waals surface area contributed by atoms with Crippen LogP contribution in [0.2, 0.25) is 0 Å². The Bertz CT molecular complexity index is 874. The molecule has 1 aromatic carbocycles. The molecular weight excluding hydrogens is 370 g/mol. The van der Waals surface area contributed by atoms with Gasteiger partial charge in [0.05, 0.1) is 16.9 Å². The van der Waals surface area contributed by atoms with Crippen LogP contribution in [0.3, 0.4) is 0 Å². The van der Waals surface area contributed by atoms with E-state index in [2.05, 4.69) is 0 Å². The average molecular weight is 385 g/mol. The summed E-state index contributed by atoms with van der Waals surface area (Å²) in [6, 6.07) is 5.52. The first-order chi connectivity index (χ1) is 11.6. The molecule has 3 atom stereocenters. The molecule has 0 aliphatic carbocycles. The lowest BCUT2D eigenvalue weighted by atomic mass is 9.92. The summed E-state index contributed by atoms with van der Waals surface area (Å²) in [6.45, 7) is 1.48. The van der Waals surface area contributed by atoms with Gasteiger partial charge in [0.1, 0.15) is 11.1 Å². The van der Waals surface area contributed by atoms with Crippen LogP contribution < -0.4 is 4.74 Å². The van der Waals surface area contributed by atoms with Crippen LogP contribution >= 0.6 is 11.8 Å². The summed E-state index contributed by atoms with van der Waals surface area (Å²) in [5.41, 5.74) is -0.274. The Morgan fingerprint density at radius 1 is 1.32 bits per heavy atom. The van der Waals surface area contributed by atoms with Crippen LogP contribution in [0.1, 0.15) is 6.92 Å². The predicted octanol–water partition coefficient (Wildman–Crippen LogP) is 0.635. The van der Waals surface area contributed by atoms with Gasteiger partial charge in [-0.2, -0.15) is 0 Å². The van der Waals surface area contributed by atoms with Gasteiger partial charge in [-0.15, -0.1) is 0 Å². The van der Waals surface area contributed by atoms with E-state index in [1.807, 2.05) is 0 Å². The highest BCUT2D eigenvalue weighted by atomic mass is 32.2. The van der Waals surface area contributed by atoms with Gasteiger partial charge in [-0.1, -0.05) is 11.8 Å². The molecule has 0 aromatic heterocycles. The number of aliphatic hydroxyl groups is 1. The van der Waals surface area contributed by atoms with E-state index < -0.39 is 39.1 Å². The second kappa shape index (κ2) is 6.04. The average Bonchev–Trinajstić information content (AvgIpc) is 2.81. The first-order valence-electron chi connectivity index (χ1n) is 7.24. The first kappa shape index (κ1) is 17.8. The number of aliphatic carboxylic acids is 1. The van der Waals surface area contributed by atoms with Crippen molar-refractivity contribution in [1.29, 1.82) is 0 Å². The zero-order valence-corrected chi connectivity index (χ0v) is 14.9. The number of carbonyl (C=O) groups excluding carboxylic acids is 1. The molecule has 0 radical (unpaired) electrons. The summed E-state index contributed by atoms with van der Waals surface area (Å²) < 4.78 is 28.5. The van der Waals surface area contributed by atoms with Crippen molar-refractivity contribution in [2.24, 2.45) is 5.92 Å². The van der Waals surface area contributed by atoms with E-state index in [-0.39, 0.29) is 21.4 Å². The molecule has 10 heteroatoms. The number of thioether (sulfide) groups is 1. The van der Waals surface area contributed by atoms with E-state index in [4.69, 9.17) is 4.74 Å². The highest BCUT2D eigenvalue weighted by molar-refractivity contribution is 8.03. The fourth-order valence-corrected chi connectivity index (χ4v) is 4.78. The number of sulfone groups is 1. The fraction of sp³-hybridized carbons (Fsp3) is 0.333. The van der Waals surface area contributed by atoms with E-state index >= 15 is 0 Å². The van der Waals surface area contributed by atoms with Crippen molar-refractivity contribution in [2.45, 2.75) is 23.3 Å². The molecule has 0 saturated carbocycles. The maximum Gasteiger partial charge on any atom is 0.357 e. The number of ether oxygens (including phenoxy) is 1. The highest BCUT2D eigenvalue weighted by Crippen LogP contribution is 2.50. The van der Waals surface area contributed by atoms with E-state index in [0.717, 1.165) is 22.9 Å². The van der Waals surface area contributed by atoms with E-state index in [1.54, 1.807) is 0 Å². The zero-order valence-electron chi connectivity index (χ0n) is 13.2. The highest BCUT2D eigenvalue weighted by Gasteiger charge is 2.58. The molecule has 2 aliphatic heterocycles. The number of aliphatic hydroxyl groups excluding tert-OH is 1. The lowest BCUT2D eigenvalue weighted by Gasteiger charge is -2.43. The maximum atomic E-state index is 12.1. The van der Waals surface area contributed by atoms with Crippen molar-refractivity contribution in [3.8, 4) is 5.75 Å². The number of benzene rings is 1. The van der Waals surface area contributed by atoms with Crippen LogP contribution in [0.5, 0.6) is 5.75 Å². The van der Waals surface area contributed by atoms with Crippen LogP contribution in [-0.4, -0.2) is 53.1 Å². The quantitative estimate of drug-likeness (QED) is 0.708. The maximum absolute atomic E-state index is 12.1. The number of hydrogen-bond donors (Lipinski definition) is 2. The molecule has 8 nitrogen and oxygen atoms in total. The van der Waals surface area contributed by atoms with Gasteiger partial charge in [0.2, 0.25) is 5.91 Å². The van der Waals surface area contributed by atoms with Gasteiger partial charge in [0.15, 0.2) is 20.6 Å². The lowest BCUT2D eigenvalue weighted by Crippen LogP contribution is -2.60. The second-order valence-electron chi connectivity index (χ2n) is 5.77. The van der Waals surface area contributed by atoms with Gasteiger partial charge in [-0.05, 0) is 31.2 Å². The van der Waals surface area contributed by atoms with Crippen LogP contribution in [0.4, 0.5) is 0 Å². The number of carboxylic acids is 1. The number of hydrogen-bond acceptors (Lipinski definition) is 7. The van der Waals surface area contributed by atoms with E-state index in [9.17, 15) is 28.2 Å². The summed E-state index contributed by atoms with van der Waals surface area (Å²) in [4.78, 5) is 24.8. The summed E-state index contributed by atoms with van der Waals surface area (Å²) in [5.74, 6) is -2.21. The van der Waals surface area contributed by atoms with Crippen LogP contribution in [0.25, 0.3) is 0 Å². The number of carboxylic acid groups (broad SMARTS) is 1. The molecule has 2 heterocycles. The number of carbonyl (C=O) groups is 2. The van der Waals surface area contributed by atoms with Gasteiger partial charge in [-0.25, -0.2) is 13.2 Å². The Morgan fingerprint density at radius 3 is 2.40 bits per heavy atom. The third-order valence-corrected chi connectivity index (χ3v) is 6.30. The zero-order chi connectivity index (χ0) is 18.5. The monoisotopic (exact) mass is 385 g/mol. The van der Waals surface area contributed by atoms with Crippen molar-refractivity contribution >= 4 is 33.5 Å². The number of rotatable bonds is 5. The summed E-state index contributed by atoms with van der Waals surface area (Å²) in [5, 5.41) is 18.6. The molecule has 3 rings (SSSR count). The molecule has 134 valence electrons. The molecule has 0 bridgehead atoms. The minimum atomic E-state index is -3.35. The van der Waals surface area contributed by atoms with Crippen molar-refractivity contribution < 1.29 is 33.0 Å². The Balaban J connectivity index is 1.87. The molecule has 2 aliphatic rings. The number of β-lactam (4-membered cyclic amide) rings is 1. The van der Waals surface area contributed by atoms with Crippen LogP contribution in [-0.2, 0) is 19.4 Å². The van der Waals surface area contributed by atoms with E-state index in [1.165, 1.54) is 31.2 Å². The lowest BCUT2D eigenvalue weighted by molar-refractivity contribution is -0.156. The Morgan fingerprint density at radius 2 is 1.92 bits per heavy atom. The Labute approximate surface area is 148 Å². The molecule has 1 saturated heterocycles. The largest absolute Gasteiger partial charge is 0.476 e. The number of amides is 1. The minimum Gasteiger partial charge on any atom is -0.476 e. The molecule has 1 fully saturated rings. The fourth-order valence-electron chi connectivity index (χ4n) is 2.68. The van der Waals surface area contributed by atoms with Crippen molar-refractivity contribution in [2.75, 3.05) is 6.26 Å². The van der Waals surface area contributed by atoms with Gasteiger partial charge in [0, 0.05) is 6.26 Å². The Hall–Kier alpha value is -2.04. The standard InChI is InChI=1S/C15H15NO7S2/c1-7(17)10-12(18)16-11(14(19)20)15(24-13(10)16)23-8-3-5-9(6-4-8)25(2,21)22/h3-7,10,13,17H,1-2H3,(H,19,20)/t7-,10+,13?/m1/s1. The van der Waals surface area contributed by atoms with Crippen molar-refractivity contribution in [3.63, 3.8) is 0 Å². The number of nitrogens with zero attached hydrogens (tertiary/aromatic N) is 1. The van der Waals surface area contributed by atoms with E-state index in [0.29, 0.717) is 0 Å². The Kier molecular flexibility index (Phi) is 4.30. The topological polar surface area (TPSA) is 121 Å². The normalized spacial score (nSPS) is 24.0. The molecule has 1 amide bonds. The molecule has 1 aromatic rings. The van der Waals surface area contributed by atoms with Gasteiger partial charge in [0.25, 0.3) is 0 Å². The van der Waals surface area contributed by atoms with Gasteiger partial charge < -0.3 is 14.9 Å². The van der Waals surface area contributed by atoms with Gasteiger partial charge >= 0.3 is 5.97 Å². The predicted molar refractivity (Wildman–Crippen MR) is 88.2 cm³/mol. The van der Waals surface area contributed by atoms with Crippen LogP contribution in [0.15, 0.2) is 39.9 Å². The summed E-state index contributed by atoms with van der Waals surface area (Å²) >= 11 is 1.05. The molecule has 25 heavy (non-hydrogen) atoms. The van der Waals surface area contributed by atoms with Crippen molar-refractivity contribution in [1.82, 2.24) is 4.90 Å². The smallest absolute Gasteiger partial charge is 0.357 e. The molecule has 1 unspecified atom stereocenters.